The smallest absolute Gasteiger partial charge is 0.136 e. The summed E-state index contributed by atoms with van der Waals surface area (Å²) in [5.41, 5.74) is 0. The Labute approximate surface area is 65.4 Å². The van der Waals surface area contributed by atoms with Crippen LogP contribution in [-0.4, -0.2) is 22.9 Å². The van der Waals surface area contributed by atoms with Crippen molar-refractivity contribution in [3.8, 4) is 0 Å². The molecule has 0 saturated carbocycles. The van der Waals surface area contributed by atoms with Gasteiger partial charge in [0, 0.05) is 13.2 Å². The van der Waals surface area contributed by atoms with Gasteiger partial charge in [0.05, 0.1) is 5.84 Å². The Kier molecular flexibility index (Phi) is 2.15. The average Bonchev–Trinajstić information content (AvgIpc) is 2.05. The van der Waals surface area contributed by atoms with E-state index < -0.39 is 0 Å². The minimum atomic E-state index is 0.462. The van der Waals surface area contributed by atoms with E-state index in [1.165, 1.54) is 6.33 Å². The van der Waals surface area contributed by atoms with Gasteiger partial charge in [-0.2, -0.15) is 0 Å². The highest BCUT2D eigenvalue weighted by Gasteiger charge is 2.01. The van der Waals surface area contributed by atoms with Crippen LogP contribution < -0.4 is 4.90 Å². The highest BCUT2D eigenvalue weighted by molar-refractivity contribution is 5.91. The Morgan fingerprint density at radius 1 is 1.64 bits per heavy atom. The van der Waals surface area contributed by atoms with Gasteiger partial charge < -0.3 is 4.90 Å². The first kappa shape index (κ1) is 7.65. The lowest BCUT2D eigenvalue weighted by Gasteiger charge is -2.14. The molecule has 0 aliphatic heterocycles. The van der Waals surface area contributed by atoms with E-state index in [0.29, 0.717) is 5.84 Å². The van der Waals surface area contributed by atoms with Gasteiger partial charge in [0.15, 0.2) is 0 Å². The Balaban J connectivity index is 2.85. The summed E-state index contributed by atoms with van der Waals surface area (Å²) in [6.07, 6.45) is 3.12. The van der Waals surface area contributed by atoms with E-state index in [2.05, 4.69) is 9.97 Å². The minimum Gasteiger partial charge on any atom is -0.318 e. The molecule has 0 aliphatic rings. The van der Waals surface area contributed by atoms with Gasteiger partial charge in [-0.3, -0.25) is 5.41 Å². The van der Waals surface area contributed by atoms with E-state index in [-0.39, 0.29) is 0 Å². The number of nitrogens with zero attached hydrogens (tertiary/aromatic N) is 3. The number of hydrogen-bond donors (Lipinski definition) is 1. The molecule has 11 heavy (non-hydrogen) atoms. The quantitative estimate of drug-likeness (QED) is 0.478. The molecule has 4 heteroatoms. The number of amidine groups is 1. The molecule has 1 N–H and O–H groups in total. The summed E-state index contributed by atoms with van der Waals surface area (Å²) in [6, 6.07) is 1.76. The molecule has 4 nitrogen and oxygen atoms in total. The largest absolute Gasteiger partial charge is 0.318 e. The highest BCUT2D eigenvalue weighted by Crippen LogP contribution is 2.04. The van der Waals surface area contributed by atoms with Crippen LogP contribution in [-0.2, 0) is 0 Å². The molecule has 0 amide bonds. The van der Waals surface area contributed by atoms with Crippen LogP contribution in [0.1, 0.15) is 6.92 Å². The summed E-state index contributed by atoms with van der Waals surface area (Å²) in [7, 11) is 1.80. The van der Waals surface area contributed by atoms with Gasteiger partial charge in [-0.15, -0.1) is 0 Å². The van der Waals surface area contributed by atoms with Crippen molar-refractivity contribution in [2.24, 2.45) is 0 Å². The molecule has 0 bridgehead atoms. The zero-order valence-electron chi connectivity index (χ0n) is 6.57. The van der Waals surface area contributed by atoms with Gasteiger partial charge >= 0.3 is 0 Å². The Bertz CT molecular complexity index is 244. The van der Waals surface area contributed by atoms with Crippen molar-refractivity contribution in [3.05, 3.63) is 18.6 Å². The van der Waals surface area contributed by atoms with Gasteiger partial charge in [0.2, 0.25) is 0 Å². The maximum Gasteiger partial charge on any atom is 0.136 e. The summed E-state index contributed by atoms with van der Waals surface area (Å²) < 4.78 is 0. The first-order valence-electron chi connectivity index (χ1n) is 3.26. The molecule has 0 fully saturated rings. The van der Waals surface area contributed by atoms with Crippen LogP contribution in [0.5, 0.6) is 0 Å². The number of anilines is 1. The Morgan fingerprint density at radius 3 is 2.82 bits per heavy atom. The molecular weight excluding hydrogens is 140 g/mol. The number of nitrogens with one attached hydrogen (secondary N) is 1. The summed E-state index contributed by atoms with van der Waals surface area (Å²) in [5, 5.41) is 7.30. The van der Waals surface area contributed by atoms with Crippen LogP contribution in [0.25, 0.3) is 0 Å². The zero-order valence-corrected chi connectivity index (χ0v) is 6.57. The van der Waals surface area contributed by atoms with E-state index in [0.717, 1.165) is 5.82 Å². The summed E-state index contributed by atoms with van der Waals surface area (Å²) in [6.45, 7) is 1.71. The van der Waals surface area contributed by atoms with Crippen LogP contribution in [0.3, 0.4) is 0 Å². The van der Waals surface area contributed by atoms with Crippen LogP contribution in [0.4, 0.5) is 5.82 Å². The first-order valence-corrected chi connectivity index (χ1v) is 3.26. The predicted molar refractivity (Wildman–Crippen MR) is 43.8 cm³/mol. The number of rotatable bonds is 1. The molecule has 58 valence electrons. The highest BCUT2D eigenvalue weighted by atomic mass is 15.2. The van der Waals surface area contributed by atoms with E-state index in [1.54, 1.807) is 31.1 Å². The maximum absolute atomic E-state index is 7.30. The van der Waals surface area contributed by atoms with Crippen LogP contribution >= 0.6 is 0 Å². The van der Waals surface area contributed by atoms with Crippen molar-refractivity contribution in [1.82, 2.24) is 9.97 Å². The van der Waals surface area contributed by atoms with E-state index in [9.17, 15) is 0 Å². The molecular formula is C7H10N4. The van der Waals surface area contributed by atoms with Gasteiger partial charge in [-0.05, 0) is 13.0 Å². The lowest BCUT2D eigenvalue weighted by Crippen LogP contribution is -2.23. The maximum atomic E-state index is 7.30. The monoisotopic (exact) mass is 150 g/mol. The molecule has 0 atom stereocenters. The first-order chi connectivity index (χ1) is 5.22. The van der Waals surface area contributed by atoms with E-state index >= 15 is 0 Å². The van der Waals surface area contributed by atoms with Gasteiger partial charge in [-0.25, -0.2) is 9.97 Å². The molecule has 1 heterocycles. The summed E-state index contributed by atoms with van der Waals surface area (Å²) in [4.78, 5) is 9.43. The minimum absolute atomic E-state index is 0.462. The van der Waals surface area contributed by atoms with Crippen molar-refractivity contribution in [2.75, 3.05) is 11.9 Å². The Morgan fingerprint density at radius 2 is 2.36 bits per heavy atom. The molecule has 0 spiro atoms. The van der Waals surface area contributed by atoms with Gasteiger partial charge in [-0.1, -0.05) is 0 Å². The Hall–Kier alpha value is -1.45. The molecule has 0 radical (unpaired) electrons. The van der Waals surface area contributed by atoms with E-state index in [1.807, 2.05) is 0 Å². The second-order valence-corrected chi connectivity index (χ2v) is 2.21. The molecule has 1 aromatic rings. The second kappa shape index (κ2) is 3.09. The lowest BCUT2D eigenvalue weighted by atomic mass is 10.5. The second-order valence-electron chi connectivity index (χ2n) is 2.21. The fourth-order valence-corrected chi connectivity index (χ4v) is 0.654. The third kappa shape index (κ3) is 1.73. The predicted octanol–water partition coefficient (Wildman–Crippen LogP) is 0.910. The average molecular weight is 150 g/mol. The van der Waals surface area contributed by atoms with Crippen LogP contribution in [0.2, 0.25) is 0 Å². The number of hydrogen-bond acceptors (Lipinski definition) is 3. The SMILES string of the molecule is CC(=N)N(C)c1ccncn1. The summed E-state index contributed by atoms with van der Waals surface area (Å²) >= 11 is 0. The van der Waals surface area contributed by atoms with Crippen LogP contribution in [0, 0.1) is 5.41 Å². The third-order valence-electron chi connectivity index (χ3n) is 1.41. The van der Waals surface area contributed by atoms with Crippen molar-refractivity contribution in [3.63, 3.8) is 0 Å². The molecule has 0 aromatic carbocycles. The zero-order chi connectivity index (χ0) is 8.27. The summed E-state index contributed by atoms with van der Waals surface area (Å²) in [5.74, 6) is 1.20. The molecule has 0 aliphatic carbocycles. The van der Waals surface area contributed by atoms with Crippen LogP contribution in [0.15, 0.2) is 18.6 Å². The number of aromatic nitrogens is 2. The molecule has 0 unspecified atom stereocenters. The molecule has 1 aromatic heterocycles. The van der Waals surface area contributed by atoms with Crippen molar-refractivity contribution >= 4 is 11.7 Å². The van der Waals surface area contributed by atoms with Crippen molar-refractivity contribution in [2.45, 2.75) is 6.92 Å². The standard InChI is InChI=1S/C7H10N4/c1-6(8)11(2)7-3-4-9-5-10-7/h3-5,8H,1-2H3. The van der Waals surface area contributed by atoms with Crippen molar-refractivity contribution < 1.29 is 0 Å². The van der Waals surface area contributed by atoms with Gasteiger partial charge in [0.25, 0.3) is 0 Å². The third-order valence-corrected chi connectivity index (χ3v) is 1.41. The van der Waals surface area contributed by atoms with Gasteiger partial charge in [0.1, 0.15) is 12.1 Å². The van der Waals surface area contributed by atoms with E-state index in [4.69, 9.17) is 5.41 Å². The fraction of sp³-hybridized carbons (Fsp3) is 0.286. The lowest BCUT2D eigenvalue weighted by molar-refractivity contribution is 1.09. The topological polar surface area (TPSA) is 52.9 Å². The molecule has 0 saturated heterocycles. The normalized spacial score (nSPS) is 9.27. The molecule has 1 rings (SSSR count). The van der Waals surface area contributed by atoms with Crippen molar-refractivity contribution in [1.29, 1.82) is 5.41 Å². The fourth-order valence-electron chi connectivity index (χ4n) is 0.654.